The second-order valence-corrected chi connectivity index (χ2v) is 3.97. The monoisotopic (exact) mass is 236 g/mol. The smallest absolute Gasteiger partial charge is 0.270 e. The number of nitro groups is 1. The van der Waals surface area contributed by atoms with Crippen LogP contribution in [0.1, 0.15) is 37.0 Å². The van der Waals surface area contributed by atoms with Gasteiger partial charge < -0.3 is 5.32 Å². The van der Waals surface area contributed by atoms with Gasteiger partial charge in [-0.05, 0) is 19.4 Å². The van der Waals surface area contributed by atoms with Crippen molar-refractivity contribution >= 4 is 11.6 Å². The molecule has 0 bridgehead atoms. The summed E-state index contributed by atoms with van der Waals surface area (Å²) in [6, 6.07) is 5.81. The highest BCUT2D eigenvalue weighted by molar-refractivity contribution is 5.94. The number of amides is 1. The van der Waals surface area contributed by atoms with Crippen molar-refractivity contribution in [3.05, 3.63) is 39.9 Å². The summed E-state index contributed by atoms with van der Waals surface area (Å²) in [6.45, 7) is 3.95. The van der Waals surface area contributed by atoms with Gasteiger partial charge in [0.15, 0.2) is 0 Å². The number of nitrogens with one attached hydrogen (secondary N) is 1. The predicted octanol–water partition coefficient (Wildman–Crippen LogP) is 2.51. The van der Waals surface area contributed by atoms with Crippen LogP contribution in [-0.4, -0.2) is 16.9 Å². The number of nitro benzene ring substituents is 1. The number of hydrogen-bond acceptors (Lipinski definition) is 3. The summed E-state index contributed by atoms with van der Waals surface area (Å²) in [5, 5.41) is 13.4. The number of non-ortho nitro benzene ring substituents is 1. The highest BCUT2D eigenvalue weighted by atomic mass is 16.6. The molecule has 1 N–H and O–H groups in total. The number of rotatable bonds is 5. The Morgan fingerprint density at radius 3 is 2.82 bits per heavy atom. The molecule has 0 aliphatic rings. The van der Waals surface area contributed by atoms with E-state index in [1.54, 1.807) is 6.07 Å². The van der Waals surface area contributed by atoms with Crippen LogP contribution in [0.4, 0.5) is 5.69 Å². The van der Waals surface area contributed by atoms with Crippen molar-refractivity contribution in [2.75, 3.05) is 0 Å². The van der Waals surface area contributed by atoms with E-state index >= 15 is 0 Å². The minimum absolute atomic E-state index is 0.0687. The normalized spacial score (nSPS) is 11.9. The lowest BCUT2D eigenvalue weighted by molar-refractivity contribution is -0.384. The quantitative estimate of drug-likeness (QED) is 0.630. The second kappa shape index (κ2) is 5.98. The summed E-state index contributed by atoms with van der Waals surface area (Å²) in [6.07, 6.45) is 1.87. The van der Waals surface area contributed by atoms with E-state index in [1.165, 1.54) is 18.2 Å². The molecule has 0 aliphatic heterocycles. The Morgan fingerprint density at radius 1 is 1.53 bits per heavy atom. The van der Waals surface area contributed by atoms with E-state index in [1.807, 2.05) is 13.8 Å². The maximum absolute atomic E-state index is 11.8. The Bertz CT molecular complexity index is 418. The summed E-state index contributed by atoms with van der Waals surface area (Å²) < 4.78 is 0. The Labute approximate surface area is 100.0 Å². The Balaban J connectivity index is 2.75. The van der Waals surface area contributed by atoms with Crippen LogP contribution in [0.25, 0.3) is 0 Å². The van der Waals surface area contributed by atoms with E-state index in [2.05, 4.69) is 5.32 Å². The Morgan fingerprint density at radius 2 is 2.24 bits per heavy atom. The van der Waals surface area contributed by atoms with E-state index < -0.39 is 4.92 Å². The van der Waals surface area contributed by atoms with Gasteiger partial charge in [-0.25, -0.2) is 0 Å². The third kappa shape index (κ3) is 3.86. The first kappa shape index (κ1) is 13.2. The van der Waals surface area contributed by atoms with Crippen molar-refractivity contribution < 1.29 is 9.72 Å². The van der Waals surface area contributed by atoms with Crippen molar-refractivity contribution in [2.45, 2.75) is 32.7 Å². The number of carbonyl (C=O) groups excluding carboxylic acids is 1. The second-order valence-electron chi connectivity index (χ2n) is 3.97. The van der Waals surface area contributed by atoms with Crippen LogP contribution >= 0.6 is 0 Å². The summed E-state index contributed by atoms with van der Waals surface area (Å²) in [4.78, 5) is 21.8. The summed E-state index contributed by atoms with van der Waals surface area (Å²) in [5.74, 6) is -0.269. The molecule has 0 aromatic heterocycles. The highest BCUT2D eigenvalue weighted by Gasteiger charge is 2.12. The molecule has 0 unspecified atom stereocenters. The lowest BCUT2D eigenvalue weighted by Crippen LogP contribution is -2.32. The predicted molar refractivity (Wildman–Crippen MR) is 64.9 cm³/mol. The van der Waals surface area contributed by atoms with Crippen molar-refractivity contribution in [3.63, 3.8) is 0 Å². The maximum atomic E-state index is 11.8. The van der Waals surface area contributed by atoms with Gasteiger partial charge in [0.1, 0.15) is 0 Å². The van der Waals surface area contributed by atoms with Gasteiger partial charge in [0.2, 0.25) is 0 Å². The van der Waals surface area contributed by atoms with E-state index in [0.717, 1.165) is 12.8 Å². The molecule has 0 radical (unpaired) electrons. The minimum Gasteiger partial charge on any atom is -0.350 e. The van der Waals surface area contributed by atoms with Crippen LogP contribution in [0.15, 0.2) is 24.3 Å². The van der Waals surface area contributed by atoms with Crippen molar-refractivity contribution in [2.24, 2.45) is 0 Å². The fourth-order valence-corrected chi connectivity index (χ4v) is 1.57. The molecule has 5 heteroatoms. The van der Waals surface area contributed by atoms with Crippen molar-refractivity contribution in [1.29, 1.82) is 0 Å². The molecule has 1 rings (SSSR count). The fraction of sp³-hybridized carbons (Fsp3) is 0.417. The summed E-state index contributed by atoms with van der Waals surface area (Å²) in [5.41, 5.74) is 0.253. The zero-order valence-electron chi connectivity index (χ0n) is 9.97. The average Bonchev–Trinajstić information content (AvgIpc) is 2.29. The molecule has 1 amide bonds. The standard InChI is InChI=1S/C12H16N2O3/c1-3-5-9(2)13-12(15)10-6-4-7-11(8-10)14(16)17/h4,6-9H,3,5H2,1-2H3,(H,13,15)/t9-/m1/s1. The summed E-state index contributed by atoms with van der Waals surface area (Å²) in [7, 11) is 0. The van der Waals surface area contributed by atoms with E-state index in [0.29, 0.717) is 5.56 Å². The molecule has 0 aliphatic carbocycles. The van der Waals surface area contributed by atoms with Gasteiger partial charge in [-0.3, -0.25) is 14.9 Å². The first-order valence-electron chi connectivity index (χ1n) is 5.60. The number of carbonyl (C=O) groups is 1. The molecule has 5 nitrogen and oxygen atoms in total. The van der Waals surface area contributed by atoms with Gasteiger partial charge in [-0.2, -0.15) is 0 Å². The zero-order chi connectivity index (χ0) is 12.8. The van der Waals surface area contributed by atoms with Crippen molar-refractivity contribution in [3.8, 4) is 0 Å². The fourth-order valence-electron chi connectivity index (χ4n) is 1.57. The zero-order valence-corrected chi connectivity index (χ0v) is 9.97. The molecule has 1 atom stereocenters. The Kier molecular flexibility index (Phi) is 4.63. The largest absolute Gasteiger partial charge is 0.350 e. The lowest BCUT2D eigenvalue weighted by Gasteiger charge is -2.12. The van der Waals surface area contributed by atoms with Gasteiger partial charge in [-0.15, -0.1) is 0 Å². The molecular weight excluding hydrogens is 220 g/mol. The molecular formula is C12H16N2O3. The summed E-state index contributed by atoms with van der Waals surface area (Å²) >= 11 is 0. The first-order valence-corrected chi connectivity index (χ1v) is 5.60. The van der Waals surface area contributed by atoms with E-state index in [4.69, 9.17) is 0 Å². The average molecular weight is 236 g/mol. The highest BCUT2D eigenvalue weighted by Crippen LogP contribution is 2.13. The Hall–Kier alpha value is -1.91. The number of nitrogens with zero attached hydrogens (tertiary/aromatic N) is 1. The van der Waals surface area contributed by atoms with Crippen LogP contribution in [-0.2, 0) is 0 Å². The maximum Gasteiger partial charge on any atom is 0.270 e. The molecule has 1 aromatic carbocycles. The molecule has 92 valence electrons. The topological polar surface area (TPSA) is 72.2 Å². The van der Waals surface area contributed by atoms with Crippen LogP contribution in [0.2, 0.25) is 0 Å². The lowest BCUT2D eigenvalue weighted by atomic mass is 10.1. The van der Waals surface area contributed by atoms with Crippen molar-refractivity contribution in [1.82, 2.24) is 5.32 Å². The molecule has 0 saturated carbocycles. The molecule has 0 saturated heterocycles. The van der Waals surface area contributed by atoms with Gasteiger partial charge in [0.05, 0.1) is 4.92 Å². The number of hydrogen-bond donors (Lipinski definition) is 1. The van der Waals surface area contributed by atoms with Gasteiger partial charge in [-0.1, -0.05) is 19.4 Å². The number of benzene rings is 1. The van der Waals surface area contributed by atoms with Crippen LogP contribution in [0.3, 0.4) is 0 Å². The molecule has 0 fully saturated rings. The van der Waals surface area contributed by atoms with Crippen LogP contribution in [0.5, 0.6) is 0 Å². The molecule has 17 heavy (non-hydrogen) atoms. The molecule has 0 spiro atoms. The third-order valence-corrected chi connectivity index (χ3v) is 2.42. The molecule has 0 heterocycles. The van der Waals surface area contributed by atoms with Gasteiger partial charge >= 0.3 is 0 Å². The molecule has 1 aromatic rings. The SMILES string of the molecule is CCC[C@@H](C)NC(=O)c1cccc([N+](=O)[O-])c1. The van der Waals surface area contributed by atoms with Crippen LogP contribution < -0.4 is 5.32 Å². The van der Waals surface area contributed by atoms with Gasteiger partial charge in [0.25, 0.3) is 11.6 Å². The minimum atomic E-state index is -0.508. The van der Waals surface area contributed by atoms with E-state index in [9.17, 15) is 14.9 Å². The van der Waals surface area contributed by atoms with Crippen LogP contribution in [0, 0.1) is 10.1 Å². The third-order valence-electron chi connectivity index (χ3n) is 2.42. The van der Waals surface area contributed by atoms with Gasteiger partial charge in [0, 0.05) is 23.7 Å². The first-order chi connectivity index (χ1) is 8.04. The van der Waals surface area contributed by atoms with E-state index in [-0.39, 0.29) is 17.6 Å².